The van der Waals surface area contributed by atoms with E-state index in [4.69, 9.17) is 9.47 Å². The van der Waals surface area contributed by atoms with Gasteiger partial charge in [0, 0.05) is 12.8 Å². The molecular formula is C54H94O5. The van der Waals surface area contributed by atoms with E-state index >= 15 is 0 Å². The zero-order chi connectivity index (χ0) is 42.8. The highest BCUT2D eigenvalue weighted by molar-refractivity contribution is 5.70. The van der Waals surface area contributed by atoms with Crippen molar-refractivity contribution in [2.24, 2.45) is 0 Å². The van der Waals surface area contributed by atoms with Gasteiger partial charge in [0.1, 0.15) is 6.61 Å². The summed E-state index contributed by atoms with van der Waals surface area (Å²) in [4.78, 5) is 24.4. The minimum Gasteiger partial charge on any atom is -0.462 e. The Morgan fingerprint density at radius 3 is 1.10 bits per heavy atom. The third kappa shape index (κ3) is 47.9. The van der Waals surface area contributed by atoms with E-state index in [9.17, 15) is 14.7 Å². The first-order chi connectivity index (χ1) is 29.1. The van der Waals surface area contributed by atoms with Crippen LogP contribution >= 0.6 is 0 Å². The third-order valence-electron chi connectivity index (χ3n) is 10.8. The first kappa shape index (κ1) is 56.3. The van der Waals surface area contributed by atoms with E-state index in [2.05, 4.69) is 86.8 Å². The normalized spacial score (nSPS) is 12.8. The molecule has 0 aromatic carbocycles. The van der Waals surface area contributed by atoms with E-state index < -0.39 is 6.10 Å². The number of carbonyl (C=O) groups is 2. The first-order valence-electron chi connectivity index (χ1n) is 25.0. The predicted molar refractivity (Wildman–Crippen MR) is 256 cm³/mol. The third-order valence-corrected chi connectivity index (χ3v) is 10.8. The molecular weight excluding hydrogens is 729 g/mol. The number of esters is 2. The summed E-state index contributed by atoms with van der Waals surface area (Å²) >= 11 is 0. The number of hydrogen-bond donors (Lipinski definition) is 1. The number of aliphatic hydroxyl groups excluding tert-OH is 1. The molecule has 0 aliphatic rings. The van der Waals surface area contributed by atoms with Crippen molar-refractivity contribution in [3.05, 3.63) is 72.9 Å². The lowest BCUT2D eigenvalue weighted by molar-refractivity contribution is -0.161. The Morgan fingerprint density at radius 1 is 0.407 bits per heavy atom. The summed E-state index contributed by atoms with van der Waals surface area (Å²) in [5.41, 5.74) is 0. The van der Waals surface area contributed by atoms with Gasteiger partial charge in [0.15, 0.2) is 6.10 Å². The van der Waals surface area contributed by atoms with E-state index in [-0.39, 0.29) is 25.2 Å². The van der Waals surface area contributed by atoms with Crippen LogP contribution in [0.15, 0.2) is 72.9 Å². The van der Waals surface area contributed by atoms with Crippen LogP contribution in [0.4, 0.5) is 0 Å². The van der Waals surface area contributed by atoms with Crippen LogP contribution in [0, 0.1) is 0 Å². The molecule has 0 rings (SSSR count). The lowest BCUT2D eigenvalue weighted by atomic mass is 10.0. The van der Waals surface area contributed by atoms with E-state index in [1.165, 1.54) is 128 Å². The van der Waals surface area contributed by atoms with Crippen LogP contribution in [0.1, 0.15) is 239 Å². The average molecular weight is 823 g/mol. The standard InChI is InChI=1S/C54H94O5/c1-3-5-7-9-11-13-15-17-19-21-23-25-26-27-28-29-31-33-35-37-39-41-43-45-47-49-54(57)59-52(50-55)51-58-53(56)48-46-44-42-40-38-36-34-32-30-24-22-20-18-16-14-12-10-8-6-4-2/h5,7,11,13,17,19,23,25,27-28,31,33,52,55H,3-4,6,8-10,12,14-16,18,20-22,24,26,29-30,32,34-51H2,1-2H3/b7-5-,13-11-,19-17-,25-23-,28-27-,33-31-. The fraction of sp³-hybridized carbons (Fsp3) is 0.741. The van der Waals surface area contributed by atoms with Crippen molar-refractivity contribution >= 4 is 11.9 Å². The molecule has 0 aliphatic carbocycles. The number of hydrogen-bond acceptors (Lipinski definition) is 5. The van der Waals surface area contributed by atoms with Gasteiger partial charge in [0.2, 0.25) is 0 Å². The minimum absolute atomic E-state index is 0.0724. The van der Waals surface area contributed by atoms with Gasteiger partial charge in [-0.05, 0) is 64.2 Å². The Balaban J connectivity index is 3.56. The predicted octanol–water partition coefficient (Wildman–Crippen LogP) is 16.5. The maximum Gasteiger partial charge on any atom is 0.306 e. The molecule has 0 aromatic rings. The Morgan fingerprint density at radius 2 is 0.729 bits per heavy atom. The van der Waals surface area contributed by atoms with Crippen LogP contribution in [0.2, 0.25) is 0 Å². The van der Waals surface area contributed by atoms with Crippen LogP contribution in [0.5, 0.6) is 0 Å². The Bertz CT molecular complexity index is 1070. The zero-order valence-electron chi connectivity index (χ0n) is 38.7. The molecule has 1 N–H and O–H groups in total. The number of unbranched alkanes of at least 4 members (excludes halogenated alkanes) is 25. The number of aliphatic hydroxyl groups is 1. The number of ether oxygens (including phenoxy) is 2. The number of rotatable bonds is 45. The van der Waals surface area contributed by atoms with Crippen molar-refractivity contribution in [2.75, 3.05) is 13.2 Å². The van der Waals surface area contributed by atoms with E-state index in [0.717, 1.165) is 83.5 Å². The summed E-state index contributed by atoms with van der Waals surface area (Å²) in [5, 5.41) is 9.62. The maximum atomic E-state index is 12.3. The second kappa shape index (κ2) is 49.7. The van der Waals surface area contributed by atoms with Crippen LogP contribution in [-0.2, 0) is 19.1 Å². The summed E-state index contributed by atoms with van der Waals surface area (Å²) in [6.07, 6.45) is 67.0. The van der Waals surface area contributed by atoms with Gasteiger partial charge in [0.25, 0.3) is 0 Å². The van der Waals surface area contributed by atoms with Crippen LogP contribution in [-0.4, -0.2) is 36.4 Å². The van der Waals surface area contributed by atoms with Gasteiger partial charge >= 0.3 is 11.9 Å². The van der Waals surface area contributed by atoms with E-state index in [1.54, 1.807) is 0 Å². The van der Waals surface area contributed by atoms with Crippen molar-refractivity contribution in [1.29, 1.82) is 0 Å². The van der Waals surface area contributed by atoms with Gasteiger partial charge in [0.05, 0.1) is 6.61 Å². The Labute approximate surface area is 365 Å². The largest absolute Gasteiger partial charge is 0.462 e. The molecule has 340 valence electrons. The fourth-order valence-corrected chi connectivity index (χ4v) is 7.03. The topological polar surface area (TPSA) is 72.8 Å². The van der Waals surface area contributed by atoms with Crippen molar-refractivity contribution in [3.63, 3.8) is 0 Å². The molecule has 0 heterocycles. The summed E-state index contributed by atoms with van der Waals surface area (Å²) in [5.74, 6) is -0.602. The van der Waals surface area contributed by atoms with Crippen molar-refractivity contribution in [1.82, 2.24) is 0 Å². The molecule has 1 unspecified atom stereocenters. The Hall–Kier alpha value is -2.66. The summed E-state index contributed by atoms with van der Waals surface area (Å²) in [7, 11) is 0. The fourth-order valence-electron chi connectivity index (χ4n) is 7.03. The van der Waals surface area contributed by atoms with Crippen molar-refractivity contribution < 1.29 is 24.2 Å². The maximum absolute atomic E-state index is 12.3. The average Bonchev–Trinajstić information content (AvgIpc) is 3.24. The van der Waals surface area contributed by atoms with Crippen LogP contribution in [0.25, 0.3) is 0 Å². The van der Waals surface area contributed by atoms with Gasteiger partial charge in [-0.15, -0.1) is 0 Å². The van der Waals surface area contributed by atoms with E-state index in [1.807, 2.05) is 0 Å². The van der Waals surface area contributed by atoms with Gasteiger partial charge < -0.3 is 14.6 Å². The van der Waals surface area contributed by atoms with Crippen LogP contribution in [0.3, 0.4) is 0 Å². The zero-order valence-corrected chi connectivity index (χ0v) is 38.7. The molecule has 0 aromatic heterocycles. The highest BCUT2D eigenvalue weighted by Gasteiger charge is 2.16. The number of carbonyl (C=O) groups excluding carboxylic acids is 2. The monoisotopic (exact) mass is 823 g/mol. The molecule has 0 bridgehead atoms. The molecule has 0 radical (unpaired) electrons. The molecule has 5 nitrogen and oxygen atoms in total. The van der Waals surface area contributed by atoms with Gasteiger partial charge in [-0.25, -0.2) is 0 Å². The van der Waals surface area contributed by atoms with E-state index in [0.29, 0.717) is 12.8 Å². The van der Waals surface area contributed by atoms with Gasteiger partial charge in [-0.1, -0.05) is 234 Å². The molecule has 0 saturated heterocycles. The smallest absolute Gasteiger partial charge is 0.306 e. The van der Waals surface area contributed by atoms with Gasteiger partial charge in [-0.2, -0.15) is 0 Å². The number of allylic oxidation sites excluding steroid dienone is 12. The van der Waals surface area contributed by atoms with Crippen molar-refractivity contribution in [3.8, 4) is 0 Å². The lowest BCUT2D eigenvalue weighted by Gasteiger charge is -2.15. The lowest BCUT2D eigenvalue weighted by Crippen LogP contribution is -2.28. The second-order valence-corrected chi connectivity index (χ2v) is 16.5. The highest BCUT2D eigenvalue weighted by atomic mass is 16.6. The molecule has 0 aliphatic heterocycles. The molecule has 5 heteroatoms. The van der Waals surface area contributed by atoms with Crippen LogP contribution < -0.4 is 0 Å². The molecule has 59 heavy (non-hydrogen) atoms. The molecule has 1 atom stereocenters. The summed E-state index contributed by atoms with van der Waals surface area (Å²) in [6.45, 7) is 4.03. The molecule has 0 fully saturated rings. The minimum atomic E-state index is -0.782. The molecule has 0 saturated carbocycles. The first-order valence-corrected chi connectivity index (χ1v) is 25.0. The second-order valence-electron chi connectivity index (χ2n) is 16.5. The SMILES string of the molecule is CC/C=C\C/C=C\C/C=C\C/C=C\C/C=C\C/C=C\CCCCCCCCC(=O)OC(CO)COC(=O)CCCCCCCCCCCCCCCCCCCCCC. The molecule has 0 amide bonds. The molecule has 0 spiro atoms. The summed E-state index contributed by atoms with van der Waals surface area (Å²) in [6, 6.07) is 0. The highest BCUT2D eigenvalue weighted by Crippen LogP contribution is 2.16. The quantitative estimate of drug-likeness (QED) is 0.0376. The summed E-state index contributed by atoms with van der Waals surface area (Å²) < 4.78 is 10.7. The Kier molecular flexibility index (Phi) is 47.5. The van der Waals surface area contributed by atoms with Crippen molar-refractivity contribution in [2.45, 2.75) is 245 Å². The van der Waals surface area contributed by atoms with Gasteiger partial charge in [-0.3, -0.25) is 9.59 Å².